The molecule has 3 nitrogen and oxygen atoms in total. The van der Waals surface area contributed by atoms with Gasteiger partial charge in [0.05, 0.1) is 15.2 Å². The van der Waals surface area contributed by atoms with Crippen LogP contribution in [-0.4, -0.2) is 13.7 Å². The average molecular weight is 288 g/mol. The van der Waals surface area contributed by atoms with E-state index in [1.54, 1.807) is 6.07 Å². The van der Waals surface area contributed by atoms with Gasteiger partial charge in [0, 0.05) is 5.69 Å². The van der Waals surface area contributed by atoms with E-state index in [4.69, 9.17) is 17.3 Å². The fraction of sp³-hybridized carbons (Fsp3) is 0.538. The molecule has 100 valence electrons. The molecular weight excluding hydrogens is 270 g/mol. The lowest BCUT2D eigenvalue weighted by atomic mass is 10.2. The summed E-state index contributed by atoms with van der Waals surface area (Å²) in [6.07, 6.45) is 5.70. The topological polar surface area (TPSA) is 60.2 Å². The first kappa shape index (κ1) is 13.7. The zero-order chi connectivity index (χ0) is 13.2. The zero-order valence-corrected chi connectivity index (χ0v) is 11.8. The number of sulfone groups is 1. The summed E-state index contributed by atoms with van der Waals surface area (Å²) in [7, 11) is -3.32. The van der Waals surface area contributed by atoms with Gasteiger partial charge in [0.2, 0.25) is 0 Å². The molecule has 1 aromatic carbocycles. The highest BCUT2D eigenvalue weighted by atomic mass is 35.5. The van der Waals surface area contributed by atoms with Crippen LogP contribution in [0.25, 0.3) is 0 Å². The Labute approximate surface area is 113 Å². The molecule has 2 rings (SSSR count). The Morgan fingerprint density at radius 2 is 1.72 bits per heavy atom. The molecule has 1 saturated carbocycles. The average Bonchev–Trinajstić information content (AvgIpc) is 2.57. The smallest absolute Gasteiger partial charge is 0.182 e. The Hall–Kier alpha value is -0.740. The van der Waals surface area contributed by atoms with Crippen molar-refractivity contribution in [3.8, 4) is 0 Å². The van der Waals surface area contributed by atoms with E-state index >= 15 is 0 Å². The van der Waals surface area contributed by atoms with E-state index in [1.807, 2.05) is 0 Å². The molecule has 0 aromatic heterocycles. The van der Waals surface area contributed by atoms with Crippen molar-refractivity contribution >= 4 is 27.1 Å². The van der Waals surface area contributed by atoms with Crippen LogP contribution in [0.15, 0.2) is 23.1 Å². The molecule has 0 spiro atoms. The maximum absolute atomic E-state index is 12.5. The van der Waals surface area contributed by atoms with Crippen LogP contribution in [0.5, 0.6) is 0 Å². The Morgan fingerprint density at radius 3 is 2.28 bits per heavy atom. The van der Waals surface area contributed by atoms with Crippen molar-refractivity contribution in [2.24, 2.45) is 0 Å². The van der Waals surface area contributed by atoms with Crippen molar-refractivity contribution in [2.75, 3.05) is 5.73 Å². The Kier molecular flexibility index (Phi) is 4.17. The molecule has 1 aliphatic rings. The third-order valence-corrected chi connectivity index (χ3v) is 6.25. The summed E-state index contributed by atoms with van der Waals surface area (Å²) < 4.78 is 25.1. The molecule has 0 aliphatic heterocycles. The quantitative estimate of drug-likeness (QED) is 0.670. The highest BCUT2D eigenvalue weighted by Crippen LogP contribution is 2.32. The highest BCUT2D eigenvalue weighted by Gasteiger charge is 2.29. The fourth-order valence-corrected chi connectivity index (χ4v) is 4.89. The summed E-state index contributed by atoms with van der Waals surface area (Å²) >= 11 is 6.01. The van der Waals surface area contributed by atoms with Crippen LogP contribution in [-0.2, 0) is 9.84 Å². The molecular formula is C13H18ClNO2S. The number of halogens is 1. The lowest BCUT2D eigenvalue weighted by Gasteiger charge is -2.16. The first-order valence-corrected chi connectivity index (χ1v) is 8.23. The van der Waals surface area contributed by atoms with Gasteiger partial charge in [-0.15, -0.1) is 0 Å². The van der Waals surface area contributed by atoms with E-state index in [0.29, 0.717) is 5.69 Å². The first-order chi connectivity index (χ1) is 8.51. The van der Waals surface area contributed by atoms with E-state index in [9.17, 15) is 8.42 Å². The maximum Gasteiger partial charge on any atom is 0.182 e. The summed E-state index contributed by atoms with van der Waals surface area (Å²) in [6, 6.07) is 4.62. The molecule has 1 fully saturated rings. The number of hydrogen-bond donors (Lipinski definition) is 1. The largest absolute Gasteiger partial charge is 0.399 e. The molecule has 2 N–H and O–H groups in total. The third-order valence-electron chi connectivity index (χ3n) is 3.50. The summed E-state index contributed by atoms with van der Waals surface area (Å²) in [6.45, 7) is 0. The number of nitrogen functional groups attached to an aromatic ring is 1. The molecule has 0 bridgehead atoms. The minimum absolute atomic E-state index is 0.227. The molecule has 0 atom stereocenters. The standard InChI is InChI=1S/C13H18ClNO2S/c14-12-9-10(15)7-8-13(12)18(16,17)11-5-3-1-2-4-6-11/h7-9,11H,1-6,15H2. The van der Waals surface area contributed by atoms with E-state index in [1.165, 1.54) is 12.1 Å². The second-order valence-electron chi connectivity index (χ2n) is 4.85. The monoisotopic (exact) mass is 287 g/mol. The summed E-state index contributed by atoms with van der Waals surface area (Å²) in [5, 5.41) is -0.0552. The van der Waals surface area contributed by atoms with Crippen molar-refractivity contribution in [3.63, 3.8) is 0 Å². The van der Waals surface area contributed by atoms with Gasteiger partial charge in [-0.2, -0.15) is 0 Å². The molecule has 1 aliphatic carbocycles. The van der Waals surface area contributed by atoms with Gasteiger partial charge in [-0.05, 0) is 31.0 Å². The van der Waals surface area contributed by atoms with Crippen LogP contribution in [0.4, 0.5) is 5.69 Å². The summed E-state index contributed by atoms with van der Waals surface area (Å²) in [5.74, 6) is 0. The third kappa shape index (κ3) is 2.81. The van der Waals surface area contributed by atoms with Crippen LogP contribution in [0.1, 0.15) is 38.5 Å². The van der Waals surface area contributed by atoms with E-state index in [2.05, 4.69) is 0 Å². The van der Waals surface area contributed by atoms with Gasteiger partial charge in [0.1, 0.15) is 0 Å². The van der Waals surface area contributed by atoms with Crippen LogP contribution >= 0.6 is 11.6 Å². The highest BCUT2D eigenvalue weighted by molar-refractivity contribution is 7.92. The maximum atomic E-state index is 12.5. The normalized spacial score (nSPS) is 18.5. The second kappa shape index (κ2) is 5.49. The van der Waals surface area contributed by atoms with Crippen LogP contribution in [0.3, 0.4) is 0 Å². The Balaban J connectivity index is 2.34. The Morgan fingerprint density at radius 1 is 1.11 bits per heavy atom. The SMILES string of the molecule is Nc1ccc(S(=O)(=O)C2CCCCCC2)c(Cl)c1. The van der Waals surface area contributed by atoms with Gasteiger partial charge in [-0.1, -0.05) is 37.3 Å². The number of rotatable bonds is 2. The second-order valence-corrected chi connectivity index (χ2v) is 7.45. The summed E-state index contributed by atoms with van der Waals surface area (Å²) in [4.78, 5) is 0.227. The predicted molar refractivity (Wildman–Crippen MR) is 74.5 cm³/mol. The van der Waals surface area contributed by atoms with Gasteiger partial charge >= 0.3 is 0 Å². The van der Waals surface area contributed by atoms with Crippen molar-refractivity contribution in [2.45, 2.75) is 48.7 Å². The van der Waals surface area contributed by atoms with Crippen LogP contribution < -0.4 is 5.73 Å². The number of benzene rings is 1. The van der Waals surface area contributed by atoms with Gasteiger partial charge in [-0.3, -0.25) is 0 Å². The predicted octanol–water partition coefficient (Wildman–Crippen LogP) is 3.42. The number of hydrogen-bond acceptors (Lipinski definition) is 3. The fourth-order valence-electron chi connectivity index (χ4n) is 2.48. The molecule has 0 saturated heterocycles. The van der Waals surface area contributed by atoms with Crippen LogP contribution in [0, 0.1) is 0 Å². The minimum atomic E-state index is -3.32. The summed E-state index contributed by atoms with van der Waals surface area (Å²) in [5.41, 5.74) is 6.08. The molecule has 0 radical (unpaired) electrons. The lowest BCUT2D eigenvalue weighted by molar-refractivity contribution is 0.563. The van der Waals surface area contributed by atoms with E-state index in [0.717, 1.165) is 38.5 Å². The number of nitrogens with two attached hydrogens (primary N) is 1. The molecule has 0 heterocycles. The van der Waals surface area contributed by atoms with Gasteiger partial charge in [0.25, 0.3) is 0 Å². The first-order valence-electron chi connectivity index (χ1n) is 6.31. The lowest BCUT2D eigenvalue weighted by Crippen LogP contribution is -2.21. The van der Waals surface area contributed by atoms with Gasteiger partial charge < -0.3 is 5.73 Å². The van der Waals surface area contributed by atoms with Gasteiger partial charge in [0.15, 0.2) is 9.84 Å². The molecule has 5 heteroatoms. The zero-order valence-electron chi connectivity index (χ0n) is 10.2. The minimum Gasteiger partial charge on any atom is -0.399 e. The van der Waals surface area contributed by atoms with E-state index < -0.39 is 9.84 Å². The Bertz CT molecular complexity index is 520. The van der Waals surface area contributed by atoms with Crippen molar-refractivity contribution in [3.05, 3.63) is 23.2 Å². The molecule has 0 amide bonds. The van der Waals surface area contributed by atoms with Crippen molar-refractivity contribution < 1.29 is 8.42 Å². The van der Waals surface area contributed by atoms with Crippen molar-refractivity contribution in [1.29, 1.82) is 0 Å². The molecule has 1 aromatic rings. The molecule has 18 heavy (non-hydrogen) atoms. The molecule has 0 unspecified atom stereocenters. The van der Waals surface area contributed by atoms with Crippen molar-refractivity contribution in [1.82, 2.24) is 0 Å². The van der Waals surface area contributed by atoms with Crippen LogP contribution in [0.2, 0.25) is 5.02 Å². The number of anilines is 1. The van der Waals surface area contributed by atoms with E-state index in [-0.39, 0.29) is 15.2 Å². The van der Waals surface area contributed by atoms with Gasteiger partial charge in [-0.25, -0.2) is 8.42 Å².